The highest BCUT2D eigenvalue weighted by Gasteiger charge is 2.17. The van der Waals surface area contributed by atoms with E-state index in [1.165, 1.54) is 6.07 Å². The standard InChI is InChI=1S/C13H14ClFN2S/c1-2-17-12(6-9-7-16-8-18-9)10-4-3-5-11(15)13(10)14/h3-5,7-8,12,17H,2,6H2,1H3. The van der Waals surface area contributed by atoms with Gasteiger partial charge >= 0.3 is 0 Å². The predicted molar refractivity (Wildman–Crippen MR) is 73.6 cm³/mol. The summed E-state index contributed by atoms with van der Waals surface area (Å²) < 4.78 is 13.5. The molecule has 0 amide bonds. The van der Waals surface area contributed by atoms with E-state index in [0.717, 1.165) is 23.4 Å². The average molecular weight is 285 g/mol. The second-order valence-corrected chi connectivity index (χ2v) is 5.27. The predicted octanol–water partition coefficient (Wildman–Crippen LogP) is 3.83. The van der Waals surface area contributed by atoms with Gasteiger partial charge in [-0.25, -0.2) is 4.39 Å². The maximum atomic E-state index is 13.5. The van der Waals surface area contributed by atoms with Crippen molar-refractivity contribution < 1.29 is 4.39 Å². The molecule has 1 N–H and O–H groups in total. The first-order valence-electron chi connectivity index (χ1n) is 5.77. The molecule has 0 saturated carbocycles. The Hall–Kier alpha value is -0.970. The highest BCUT2D eigenvalue weighted by atomic mass is 35.5. The minimum absolute atomic E-state index is 0.0126. The SMILES string of the molecule is CCNC(Cc1cncs1)c1cccc(F)c1Cl. The summed E-state index contributed by atoms with van der Waals surface area (Å²) >= 11 is 7.63. The lowest BCUT2D eigenvalue weighted by Gasteiger charge is -2.19. The number of nitrogens with one attached hydrogen (secondary N) is 1. The number of nitrogens with zero attached hydrogens (tertiary/aromatic N) is 1. The lowest BCUT2D eigenvalue weighted by atomic mass is 10.0. The number of benzene rings is 1. The van der Waals surface area contributed by atoms with Crippen molar-refractivity contribution in [3.8, 4) is 0 Å². The molecule has 18 heavy (non-hydrogen) atoms. The number of aromatic nitrogens is 1. The fraction of sp³-hybridized carbons (Fsp3) is 0.308. The molecular formula is C13H14ClFN2S. The Morgan fingerprint density at radius 1 is 1.50 bits per heavy atom. The van der Waals surface area contributed by atoms with Crippen molar-refractivity contribution in [2.24, 2.45) is 0 Å². The first kappa shape index (κ1) is 13.5. The second kappa shape index (κ2) is 6.27. The fourth-order valence-electron chi connectivity index (χ4n) is 1.87. The minimum atomic E-state index is -0.374. The molecule has 1 heterocycles. The fourth-order valence-corrected chi connectivity index (χ4v) is 2.77. The number of thiazole rings is 1. The lowest BCUT2D eigenvalue weighted by molar-refractivity contribution is 0.546. The Morgan fingerprint density at radius 2 is 2.33 bits per heavy atom. The summed E-state index contributed by atoms with van der Waals surface area (Å²) in [6.07, 6.45) is 2.60. The van der Waals surface area contributed by atoms with Crippen LogP contribution in [0, 0.1) is 5.82 Å². The second-order valence-electron chi connectivity index (χ2n) is 3.93. The molecule has 2 nitrogen and oxygen atoms in total. The highest BCUT2D eigenvalue weighted by molar-refractivity contribution is 7.09. The van der Waals surface area contributed by atoms with Gasteiger partial charge in [0, 0.05) is 23.5 Å². The van der Waals surface area contributed by atoms with Crippen molar-refractivity contribution >= 4 is 22.9 Å². The van der Waals surface area contributed by atoms with Gasteiger partial charge in [0.05, 0.1) is 10.5 Å². The Bertz CT molecular complexity index is 502. The zero-order chi connectivity index (χ0) is 13.0. The number of likely N-dealkylation sites (N-methyl/N-ethyl adjacent to an activating group) is 1. The first-order valence-corrected chi connectivity index (χ1v) is 7.02. The van der Waals surface area contributed by atoms with Gasteiger partial charge in [-0.15, -0.1) is 11.3 Å². The van der Waals surface area contributed by atoms with E-state index in [1.807, 2.05) is 19.2 Å². The molecule has 5 heteroatoms. The molecule has 1 atom stereocenters. The van der Waals surface area contributed by atoms with Gasteiger partial charge in [0.15, 0.2) is 0 Å². The van der Waals surface area contributed by atoms with Crippen molar-refractivity contribution in [3.05, 3.63) is 51.2 Å². The molecule has 0 saturated heterocycles. The molecule has 0 aliphatic heterocycles. The molecule has 2 aromatic rings. The van der Waals surface area contributed by atoms with Gasteiger partial charge in [-0.1, -0.05) is 30.7 Å². The zero-order valence-electron chi connectivity index (χ0n) is 9.99. The topological polar surface area (TPSA) is 24.9 Å². The largest absolute Gasteiger partial charge is 0.310 e. The smallest absolute Gasteiger partial charge is 0.142 e. The van der Waals surface area contributed by atoms with Crippen LogP contribution in [-0.2, 0) is 6.42 Å². The van der Waals surface area contributed by atoms with E-state index in [-0.39, 0.29) is 16.9 Å². The Morgan fingerprint density at radius 3 is 3.00 bits per heavy atom. The van der Waals surface area contributed by atoms with Gasteiger partial charge in [-0.3, -0.25) is 4.98 Å². The van der Waals surface area contributed by atoms with Gasteiger partial charge in [-0.05, 0) is 18.2 Å². The van der Waals surface area contributed by atoms with Gasteiger partial charge in [-0.2, -0.15) is 0 Å². The average Bonchev–Trinajstić information content (AvgIpc) is 2.85. The van der Waals surface area contributed by atoms with E-state index < -0.39 is 0 Å². The summed E-state index contributed by atoms with van der Waals surface area (Å²) in [5, 5.41) is 3.53. The zero-order valence-corrected chi connectivity index (χ0v) is 11.6. The molecule has 96 valence electrons. The summed E-state index contributed by atoms with van der Waals surface area (Å²) in [7, 11) is 0. The maximum Gasteiger partial charge on any atom is 0.142 e. The van der Waals surface area contributed by atoms with Crippen LogP contribution in [0.15, 0.2) is 29.9 Å². The molecule has 0 bridgehead atoms. The minimum Gasteiger partial charge on any atom is -0.310 e. The van der Waals surface area contributed by atoms with Crippen LogP contribution in [0.1, 0.15) is 23.4 Å². The molecule has 0 spiro atoms. The summed E-state index contributed by atoms with van der Waals surface area (Å²) in [4.78, 5) is 5.21. The summed E-state index contributed by atoms with van der Waals surface area (Å²) in [5.41, 5.74) is 2.60. The molecule has 1 unspecified atom stereocenters. The van der Waals surface area contributed by atoms with Crippen molar-refractivity contribution in [3.63, 3.8) is 0 Å². The van der Waals surface area contributed by atoms with Crippen molar-refractivity contribution in [2.75, 3.05) is 6.54 Å². The van der Waals surface area contributed by atoms with Crippen LogP contribution in [0.5, 0.6) is 0 Å². The van der Waals surface area contributed by atoms with Crippen LogP contribution >= 0.6 is 22.9 Å². The van der Waals surface area contributed by atoms with Crippen molar-refractivity contribution in [1.29, 1.82) is 0 Å². The maximum absolute atomic E-state index is 13.5. The lowest BCUT2D eigenvalue weighted by Crippen LogP contribution is -2.23. The third-order valence-electron chi connectivity index (χ3n) is 2.70. The van der Waals surface area contributed by atoms with Gasteiger partial charge < -0.3 is 5.32 Å². The van der Waals surface area contributed by atoms with Crippen LogP contribution < -0.4 is 5.32 Å². The highest BCUT2D eigenvalue weighted by Crippen LogP contribution is 2.28. The molecular weight excluding hydrogens is 271 g/mol. The monoisotopic (exact) mass is 284 g/mol. The molecule has 0 aliphatic rings. The Kier molecular flexibility index (Phi) is 4.69. The van der Waals surface area contributed by atoms with E-state index in [1.54, 1.807) is 22.9 Å². The van der Waals surface area contributed by atoms with E-state index in [0.29, 0.717) is 0 Å². The number of rotatable bonds is 5. The Labute approximate surface area is 115 Å². The van der Waals surface area contributed by atoms with Crippen LogP contribution in [0.4, 0.5) is 4.39 Å². The van der Waals surface area contributed by atoms with Gasteiger partial charge in [0.25, 0.3) is 0 Å². The number of hydrogen-bond acceptors (Lipinski definition) is 3. The quantitative estimate of drug-likeness (QED) is 0.903. The third kappa shape index (κ3) is 3.07. The van der Waals surface area contributed by atoms with Crippen molar-refractivity contribution in [1.82, 2.24) is 10.3 Å². The normalized spacial score (nSPS) is 12.6. The van der Waals surface area contributed by atoms with E-state index >= 15 is 0 Å². The van der Waals surface area contributed by atoms with Crippen LogP contribution in [0.25, 0.3) is 0 Å². The third-order valence-corrected chi connectivity index (χ3v) is 3.90. The summed E-state index contributed by atoms with van der Waals surface area (Å²) in [5.74, 6) is -0.374. The van der Waals surface area contributed by atoms with E-state index in [9.17, 15) is 4.39 Å². The van der Waals surface area contributed by atoms with Crippen LogP contribution in [0.3, 0.4) is 0 Å². The van der Waals surface area contributed by atoms with Crippen LogP contribution in [0.2, 0.25) is 5.02 Å². The first-order chi connectivity index (χ1) is 8.72. The molecule has 1 aromatic heterocycles. The summed E-state index contributed by atoms with van der Waals surface area (Å²) in [6.45, 7) is 2.82. The van der Waals surface area contributed by atoms with Crippen molar-refractivity contribution in [2.45, 2.75) is 19.4 Å². The molecule has 0 radical (unpaired) electrons. The Balaban J connectivity index is 2.26. The van der Waals surface area contributed by atoms with E-state index in [4.69, 9.17) is 11.6 Å². The molecule has 1 aromatic carbocycles. The van der Waals surface area contributed by atoms with Crippen LogP contribution in [-0.4, -0.2) is 11.5 Å². The van der Waals surface area contributed by atoms with Gasteiger partial charge in [0.1, 0.15) is 5.82 Å². The number of hydrogen-bond donors (Lipinski definition) is 1. The summed E-state index contributed by atoms with van der Waals surface area (Å²) in [6, 6.07) is 4.94. The molecule has 2 rings (SSSR count). The van der Waals surface area contributed by atoms with E-state index in [2.05, 4.69) is 10.3 Å². The van der Waals surface area contributed by atoms with Gasteiger partial charge in [0.2, 0.25) is 0 Å². The molecule has 0 aliphatic carbocycles. The number of halogens is 2. The molecule has 0 fully saturated rings.